The second-order valence-electron chi connectivity index (χ2n) is 3.77. The summed E-state index contributed by atoms with van der Waals surface area (Å²) in [6.07, 6.45) is 8.88. The highest BCUT2D eigenvalue weighted by molar-refractivity contribution is 5.89. The topological polar surface area (TPSA) is 42.2 Å². The molecule has 0 fully saturated rings. The molecule has 0 atom stereocenters. The fourth-order valence-electron chi connectivity index (χ4n) is 2.03. The second-order valence-corrected chi connectivity index (χ2v) is 3.77. The molecule has 0 aromatic carbocycles. The van der Waals surface area contributed by atoms with Crippen LogP contribution in [0.3, 0.4) is 0 Å². The molecule has 0 unspecified atom stereocenters. The normalized spacial score (nSPS) is 10.4. The third-order valence-electron chi connectivity index (χ3n) is 2.87. The van der Waals surface area contributed by atoms with Crippen molar-refractivity contribution in [2.24, 2.45) is 0 Å². The van der Waals surface area contributed by atoms with E-state index >= 15 is 0 Å². The minimum Gasteiger partial charge on any atom is -0.478 e. The third kappa shape index (κ3) is 2.27. The molecule has 0 saturated carbocycles. The van der Waals surface area contributed by atoms with Gasteiger partial charge in [0.05, 0.1) is 12.1 Å². The molecule has 0 amide bonds. The van der Waals surface area contributed by atoms with Crippen LogP contribution in [0.4, 0.5) is 0 Å². The van der Waals surface area contributed by atoms with Crippen LogP contribution in [0.1, 0.15) is 48.7 Å². The molecule has 1 aromatic heterocycles. The first-order chi connectivity index (χ1) is 7.65. The molecular weight excluding hydrogens is 202 g/mol. The average Bonchev–Trinajstić information content (AvgIpc) is 2.65. The van der Waals surface area contributed by atoms with Gasteiger partial charge in [-0.1, -0.05) is 19.8 Å². The molecule has 0 aliphatic heterocycles. The molecule has 3 heteroatoms. The predicted octanol–water partition coefficient (Wildman–Crippen LogP) is 2.72. The summed E-state index contributed by atoms with van der Waals surface area (Å²) in [6.45, 7) is 4.55. The number of hydrogen-bond donors (Lipinski definition) is 1. The molecule has 1 aromatic rings. The van der Waals surface area contributed by atoms with Gasteiger partial charge in [0.15, 0.2) is 0 Å². The maximum atomic E-state index is 11.1. The Balaban J connectivity index is 3.23. The van der Waals surface area contributed by atoms with Crippen molar-refractivity contribution < 1.29 is 9.90 Å². The summed E-state index contributed by atoms with van der Waals surface area (Å²) in [5, 5.41) is 9.12. The van der Waals surface area contributed by atoms with E-state index in [1.807, 2.05) is 4.57 Å². The second kappa shape index (κ2) is 5.41. The van der Waals surface area contributed by atoms with E-state index in [0.29, 0.717) is 12.1 Å². The predicted molar refractivity (Wildman–Crippen MR) is 63.5 cm³/mol. The molecule has 1 rings (SSSR count). The SMILES string of the molecule is C#CCn1ccc(C(=O)O)c1C(CC)CC. The molecule has 16 heavy (non-hydrogen) atoms. The molecule has 0 spiro atoms. The number of carboxylic acid groups (broad SMARTS) is 1. The Kier molecular flexibility index (Phi) is 4.19. The molecule has 0 bridgehead atoms. The fraction of sp³-hybridized carbons (Fsp3) is 0.462. The van der Waals surface area contributed by atoms with Crippen molar-refractivity contribution >= 4 is 5.97 Å². The maximum absolute atomic E-state index is 11.1. The highest BCUT2D eigenvalue weighted by Gasteiger charge is 2.20. The summed E-state index contributed by atoms with van der Waals surface area (Å²) in [7, 11) is 0. The first-order valence-corrected chi connectivity index (χ1v) is 5.51. The largest absolute Gasteiger partial charge is 0.478 e. The van der Waals surface area contributed by atoms with Crippen LogP contribution >= 0.6 is 0 Å². The molecular formula is C13H17NO2. The fourth-order valence-corrected chi connectivity index (χ4v) is 2.03. The van der Waals surface area contributed by atoms with E-state index in [4.69, 9.17) is 11.5 Å². The van der Waals surface area contributed by atoms with E-state index in [1.165, 1.54) is 0 Å². The van der Waals surface area contributed by atoms with Gasteiger partial charge in [-0.15, -0.1) is 6.42 Å². The zero-order chi connectivity index (χ0) is 12.1. The van der Waals surface area contributed by atoms with Gasteiger partial charge in [0.1, 0.15) is 0 Å². The summed E-state index contributed by atoms with van der Waals surface area (Å²) >= 11 is 0. The monoisotopic (exact) mass is 219 g/mol. The quantitative estimate of drug-likeness (QED) is 0.774. The smallest absolute Gasteiger partial charge is 0.337 e. The molecule has 0 radical (unpaired) electrons. The molecule has 0 aliphatic carbocycles. The van der Waals surface area contributed by atoms with Gasteiger partial charge in [-0.3, -0.25) is 0 Å². The Morgan fingerprint density at radius 3 is 2.62 bits per heavy atom. The van der Waals surface area contributed by atoms with Crippen molar-refractivity contribution in [2.45, 2.75) is 39.2 Å². The number of carbonyl (C=O) groups is 1. The highest BCUT2D eigenvalue weighted by atomic mass is 16.4. The van der Waals surface area contributed by atoms with Crippen molar-refractivity contribution in [1.82, 2.24) is 4.57 Å². The molecule has 1 N–H and O–H groups in total. The zero-order valence-electron chi connectivity index (χ0n) is 9.73. The number of aromatic carboxylic acids is 1. The van der Waals surface area contributed by atoms with Crippen LogP contribution in [0.5, 0.6) is 0 Å². The van der Waals surface area contributed by atoms with E-state index in [0.717, 1.165) is 18.5 Å². The molecule has 3 nitrogen and oxygen atoms in total. The van der Waals surface area contributed by atoms with Gasteiger partial charge in [0.2, 0.25) is 0 Å². The average molecular weight is 219 g/mol. The Bertz CT molecular complexity index is 408. The number of aromatic nitrogens is 1. The van der Waals surface area contributed by atoms with Crippen molar-refractivity contribution in [1.29, 1.82) is 0 Å². The summed E-state index contributed by atoms with van der Waals surface area (Å²) < 4.78 is 1.86. The van der Waals surface area contributed by atoms with E-state index in [1.54, 1.807) is 12.3 Å². The van der Waals surface area contributed by atoms with Gasteiger partial charge in [0, 0.05) is 11.9 Å². The Hall–Kier alpha value is -1.69. The maximum Gasteiger partial charge on any atom is 0.337 e. The van der Waals surface area contributed by atoms with Gasteiger partial charge in [0.25, 0.3) is 0 Å². The first kappa shape index (κ1) is 12.4. The molecule has 86 valence electrons. The third-order valence-corrected chi connectivity index (χ3v) is 2.87. The van der Waals surface area contributed by atoms with Gasteiger partial charge >= 0.3 is 5.97 Å². The molecule has 0 saturated heterocycles. The van der Waals surface area contributed by atoms with Gasteiger partial charge in [-0.25, -0.2) is 4.79 Å². The lowest BCUT2D eigenvalue weighted by molar-refractivity contribution is 0.0695. The van der Waals surface area contributed by atoms with Crippen LogP contribution in [-0.2, 0) is 6.54 Å². The van der Waals surface area contributed by atoms with E-state index in [-0.39, 0.29) is 5.92 Å². The van der Waals surface area contributed by atoms with Crippen LogP contribution < -0.4 is 0 Å². The Labute approximate surface area is 96.1 Å². The minimum absolute atomic E-state index is 0.259. The van der Waals surface area contributed by atoms with Crippen molar-refractivity contribution in [2.75, 3.05) is 0 Å². The van der Waals surface area contributed by atoms with Crippen LogP contribution in [0.2, 0.25) is 0 Å². The number of rotatable bonds is 5. The van der Waals surface area contributed by atoms with Gasteiger partial charge in [-0.05, 0) is 24.8 Å². The summed E-state index contributed by atoms with van der Waals surface area (Å²) in [5.41, 5.74) is 1.24. The van der Waals surface area contributed by atoms with E-state index < -0.39 is 5.97 Å². The molecule has 1 heterocycles. The standard InChI is InChI=1S/C13H17NO2/c1-4-8-14-9-7-11(13(15)16)12(14)10(5-2)6-3/h1,7,9-10H,5-6,8H2,2-3H3,(H,15,16). The van der Waals surface area contributed by atoms with E-state index in [9.17, 15) is 4.79 Å². The minimum atomic E-state index is -0.877. The van der Waals surface area contributed by atoms with E-state index in [2.05, 4.69) is 19.8 Å². The lowest BCUT2D eigenvalue weighted by Gasteiger charge is -2.16. The number of nitrogens with zero attached hydrogens (tertiary/aromatic N) is 1. The molecule has 0 aliphatic rings. The number of carboxylic acids is 1. The summed E-state index contributed by atoms with van der Waals surface area (Å²) in [4.78, 5) is 11.1. The lowest BCUT2D eigenvalue weighted by Crippen LogP contribution is -2.11. The zero-order valence-corrected chi connectivity index (χ0v) is 9.73. The van der Waals surface area contributed by atoms with Crippen LogP contribution in [-0.4, -0.2) is 15.6 Å². The van der Waals surface area contributed by atoms with Gasteiger partial charge in [-0.2, -0.15) is 0 Å². The van der Waals surface area contributed by atoms with Crippen LogP contribution in [0.25, 0.3) is 0 Å². The Morgan fingerprint density at radius 1 is 1.56 bits per heavy atom. The number of terminal acetylenes is 1. The summed E-state index contributed by atoms with van der Waals surface area (Å²) in [6, 6.07) is 1.63. The van der Waals surface area contributed by atoms with Gasteiger partial charge < -0.3 is 9.67 Å². The number of hydrogen-bond acceptors (Lipinski definition) is 1. The lowest BCUT2D eigenvalue weighted by atomic mass is 9.96. The highest BCUT2D eigenvalue weighted by Crippen LogP contribution is 2.27. The van der Waals surface area contributed by atoms with Crippen molar-refractivity contribution in [3.63, 3.8) is 0 Å². The Morgan fingerprint density at radius 2 is 2.19 bits per heavy atom. The van der Waals surface area contributed by atoms with Crippen molar-refractivity contribution in [3.05, 3.63) is 23.5 Å². The van der Waals surface area contributed by atoms with Crippen molar-refractivity contribution in [3.8, 4) is 12.3 Å². The first-order valence-electron chi connectivity index (χ1n) is 5.51. The summed E-state index contributed by atoms with van der Waals surface area (Å²) in [5.74, 6) is 1.93. The van der Waals surface area contributed by atoms with Crippen LogP contribution in [0.15, 0.2) is 12.3 Å². The van der Waals surface area contributed by atoms with Crippen LogP contribution in [0, 0.1) is 12.3 Å².